The van der Waals surface area contributed by atoms with Gasteiger partial charge in [-0.05, 0) is 30.7 Å². The number of nitrogens with one attached hydrogen (secondary N) is 1. The van der Waals surface area contributed by atoms with Crippen LogP contribution < -0.4 is 5.32 Å². The monoisotopic (exact) mass is 284 g/mol. The highest BCUT2D eigenvalue weighted by Crippen LogP contribution is 2.26. The molecule has 1 amide bonds. The van der Waals surface area contributed by atoms with Gasteiger partial charge in [-0.1, -0.05) is 24.3 Å². The fourth-order valence-corrected chi connectivity index (χ4v) is 2.49. The van der Waals surface area contributed by atoms with Gasteiger partial charge in [-0.15, -0.1) is 0 Å². The molecule has 0 unspecified atom stereocenters. The van der Waals surface area contributed by atoms with Crippen molar-refractivity contribution in [3.05, 3.63) is 70.2 Å². The van der Waals surface area contributed by atoms with Crippen LogP contribution in [0.4, 0.5) is 10.1 Å². The van der Waals surface area contributed by atoms with Crippen molar-refractivity contribution in [3.8, 4) is 0 Å². The van der Waals surface area contributed by atoms with Crippen LogP contribution in [-0.2, 0) is 4.79 Å². The van der Waals surface area contributed by atoms with Gasteiger partial charge in [0.05, 0.1) is 16.8 Å². The first-order chi connectivity index (χ1) is 10.1. The number of aryl methyl sites for hydroxylation is 1. The van der Waals surface area contributed by atoms with Crippen LogP contribution in [0.5, 0.6) is 0 Å². The molecule has 1 N–H and O–H groups in total. The highest BCUT2D eigenvalue weighted by Gasteiger charge is 2.28. The Morgan fingerprint density at radius 3 is 2.62 bits per heavy atom. The van der Waals surface area contributed by atoms with Gasteiger partial charge in [0, 0.05) is 0 Å². The summed E-state index contributed by atoms with van der Waals surface area (Å²) >= 11 is 0. The van der Waals surface area contributed by atoms with Crippen molar-refractivity contribution in [1.29, 1.82) is 0 Å². The number of benzodiazepines with no additional fused rings is 1. The van der Waals surface area contributed by atoms with E-state index < -0.39 is 11.7 Å². The van der Waals surface area contributed by atoms with Crippen molar-refractivity contribution >= 4 is 17.3 Å². The molecular weight excluding hydrogens is 271 g/mol. The maximum absolute atomic E-state index is 14.1. The summed E-state index contributed by atoms with van der Waals surface area (Å²) in [6, 6.07) is 11.4. The van der Waals surface area contributed by atoms with Gasteiger partial charge >= 0.3 is 0 Å². The van der Waals surface area contributed by atoms with Crippen LogP contribution in [0.25, 0.3) is 0 Å². The third kappa shape index (κ3) is 2.27. The van der Waals surface area contributed by atoms with Crippen molar-refractivity contribution in [3.63, 3.8) is 0 Å². The van der Waals surface area contributed by atoms with Crippen molar-refractivity contribution in [2.75, 3.05) is 11.9 Å². The molecule has 21 heavy (non-hydrogen) atoms. The van der Waals surface area contributed by atoms with Crippen molar-refractivity contribution in [1.82, 2.24) is 0 Å². The second-order valence-corrected chi connectivity index (χ2v) is 4.91. The predicted molar refractivity (Wildman–Crippen MR) is 77.9 cm³/mol. The van der Waals surface area contributed by atoms with Gasteiger partial charge in [-0.3, -0.25) is 4.79 Å². The first-order valence-corrected chi connectivity index (χ1v) is 6.54. The van der Waals surface area contributed by atoms with E-state index in [0.717, 1.165) is 5.56 Å². The lowest BCUT2D eigenvalue weighted by atomic mass is 9.98. The topological polar surface area (TPSA) is 55.2 Å². The molecule has 1 heterocycles. The average molecular weight is 284 g/mol. The normalized spacial score (nSPS) is 14.5. The van der Waals surface area contributed by atoms with Gasteiger partial charge < -0.3 is 10.5 Å². The van der Waals surface area contributed by atoms with Gasteiger partial charge in [-0.25, -0.2) is 4.39 Å². The molecule has 1 aliphatic rings. The van der Waals surface area contributed by atoms with E-state index in [9.17, 15) is 14.4 Å². The van der Waals surface area contributed by atoms with Crippen LogP contribution in [0, 0.1) is 17.9 Å². The molecule has 5 heteroatoms. The van der Waals surface area contributed by atoms with Crippen LogP contribution in [0.15, 0.2) is 42.5 Å². The summed E-state index contributed by atoms with van der Waals surface area (Å²) in [7, 11) is 0. The van der Waals surface area contributed by atoms with E-state index in [1.807, 2.05) is 13.0 Å². The first-order valence-electron chi connectivity index (χ1n) is 6.54. The molecule has 0 aliphatic carbocycles. The van der Waals surface area contributed by atoms with E-state index in [1.165, 1.54) is 12.1 Å². The number of hydrogen-bond acceptors (Lipinski definition) is 2. The number of halogens is 1. The molecule has 2 aromatic rings. The maximum atomic E-state index is 14.1. The highest BCUT2D eigenvalue weighted by molar-refractivity contribution is 6.16. The molecule has 0 radical (unpaired) electrons. The molecule has 0 atom stereocenters. The van der Waals surface area contributed by atoms with Crippen molar-refractivity contribution < 1.29 is 13.9 Å². The highest BCUT2D eigenvalue weighted by atomic mass is 19.1. The Bertz CT molecular complexity index is 769. The van der Waals surface area contributed by atoms with Gasteiger partial charge in [0.25, 0.3) is 5.91 Å². The smallest absolute Gasteiger partial charge is 0.291 e. The minimum atomic E-state index is -0.491. The molecule has 3 rings (SSSR count). The lowest BCUT2D eigenvalue weighted by molar-refractivity contribution is -0.443. The minimum absolute atomic E-state index is 0.171. The zero-order valence-corrected chi connectivity index (χ0v) is 11.4. The second-order valence-electron chi connectivity index (χ2n) is 4.91. The molecule has 0 spiro atoms. The van der Waals surface area contributed by atoms with Gasteiger partial charge in [0.1, 0.15) is 5.82 Å². The van der Waals surface area contributed by atoms with Gasteiger partial charge in [0.15, 0.2) is 0 Å². The number of carbonyl (C=O) groups is 1. The molecule has 2 aromatic carbocycles. The summed E-state index contributed by atoms with van der Waals surface area (Å²) < 4.78 is 14.6. The quantitative estimate of drug-likeness (QED) is 0.646. The molecule has 0 saturated heterocycles. The van der Waals surface area contributed by atoms with E-state index in [-0.39, 0.29) is 17.8 Å². The molecular formula is C16H13FN2O2. The Balaban J connectivity index is 2.33. The largest absolute Gasteiger partial charge is 0.623 e. The minimum Gasteiger partial charge on any atom is -0.623 e. The molecule has 0 bridgehead atoms. The number of anilines is 1. The fourth-order valence-electron chi connectivity index (χ4n) is 2.49. The SMILES string of the molecule is Cc1cccc2c1NC(=O)C[N+]([O-])=C2c1ccccc1F. The molecule has 0 aromatic heterocycles. The Labute approximate surface area is 121 Å². The number of fused-ring (bicyclic) bond motifs is 1. The molecule has 0 fully saturated rings. The third-order valence-electron chi connectivity index (χ3n) is 3.46. The van der Waals surface area contributed by atoms with Crippen molar-refractivity contribution in [2.45, 2.75) is 6.92 Å². The number of carbonyl (C=O) groups excluding carboxylic acids is 1. The van der Waals surface area contributed by atoms with Gasteiger partial charge in [0.2, 0.25) is 12.3 Å². The standard InChI is InChI=1S/C16H13FN2O2/c1-10-5-4-7-12-15(10)18-14(20)9-19(21)16(12)11-6-2-3-8-13(11)17/h2-8H,9H2,1H3,(H,18,20). The zero-order chi connectivity index (χ0) is 15.0. The predicted octanol–water partition coefficient (Wildman–Crippen LogP) is 2.43. The van der Waals surface area contributed by atoms with Gasteiger partial charge in [-0.2, -0.15) is 4.74 Å². The Hall–Kier alpha value is -2.69. The number of amides is 1. The van der Waals surface area contributed by atoms with Crippen LogP contribution >= 0.6 is 0 Å². The maximum Gasteiger partial charge on any atom is 0.291 e. The molecule has 0 saturated carbocycles. The molecule has 1 aliphatic heterocycles. The van der Waals surface area contributed by atoms with Crippen LogP contribution in [0.3, 0.4) is 0 Å². The Morgan fingerprint density at radius 2 is 1.86 bits per heavy atom. The van der Waals surface area contributed by atoms with E-state index in [2.05, 4.69) is 5.32 Å². The summed E-state index contributed by atoms with van der Waals surface area (Å²) in [5.74, 6) is -0.901. The van der Waals surface area contributed by atoms with Crippen molar-refractivity contribution in [2.24, 2.45) is 0 Å². The summed E-state index contributed by atoms with van der Waals surface area (Å²) in [6.07, 6.45) is 0. The lowest BCUT2D eigenvalue weighted by Crippen LogP contribution is -2.24. The Kier molecular flexibility index (Phi) is 3.17. The average Bonchev–Trinajstić information content (AvgIpc) is 2.56. The number of hydrogen-bond donors (Lipinski definition) is 1. The summed E-state index contributed by atoms with van der Waals surface area (Å²) in [5.41, 5.74) is 2.27. The summed E-state index contributed by atoms with van der Waals surface area (Å²) in [6.45, 7) is 1.47. The zero-order valence-electron chi connectivity index (χ0n) is 11.4. The second kappa shape index (κ2) is 5.01. The van der Waals surface area contributed by atoms with Crippen LogP contribution in [0.1, 0.15) is 16.7 Å². The number of benzene rings is 2. The first kappa shape index (κ1) is 13.3. The molecule has 4 nitrogen and oxygen atoms in total. The van der Waals surface area contributed by atoms with E-state index >= 15 is 0 Å². The summed E-state index contributed by atoms with van der Waals surface area (Å²) in [4.78, 5) is 11.8. The van der Waals surface area contributed by atoms with Crippen LogP contribution in [0.2, 0.25) is 0 Å². The van der Waals surface area contributed by atoms with E-state index in [0.29, 0.717) is 16.0 Å². The lowest BCUT2D eigenvalue weighted by Gasteiger charge is -2.11. The number of rotatable bonds is 1. The van der Waals surface area contributed by atoms with E-state index in [4.69, 9.17) is 0 Å². The Morgan fingerprint density at radius 1 is 1.14 bits per heavy atom. The number of para-hydroxylation sites is 1. The third-order valence-corrected chi connectivity index (χ3v) is 3.46. The number of hydroxylamine groups is 1. The van der Waals surface area contributed by atoms with E-state index in [1.54, 1.807) is 24.3 Å². The summed E-state index contributed by atoms with van der Waals surface area (Å²) in [5, 5.41) is 15.0. The number of nitrogens with zero attached hydrogens (tertiary/aromatic N) is 1. The molecule has 106 valence electrons. The fraction of sp³-hybridized carbons (Fsp3) is 0.125. The van der Waals surface area contributed by atoms with Crippen LogP contribution in [-0.4, -0.2) is 22.9 Å².